The molecule has 25 heavy (non-hydrogen) atoms. The first-order valence-corrected chi connectivity index (χ1v) is 8.65. The van der Waals surface area contributed by atoms with E-state index in [0.717, 1.165) is 35.0 Å². The molecule has 0 bridgehead atoms. The summed E-state index contributed by atoms with van der Waals surface area (Å²) in [4.78, 5) is 6.69. The van der Waals surface area contributed by atoms with E-state index in [0.29, 0.717) is 12.4 Å². The summed E-state index contributed by atoms with van der Waals surface area (Å²) in [5, 5.41) is 1.07. The highest BCUT2D eigenvalue weighted by Crippen LogP contribution is 2.28. The molecule has 2 aromatic carbocycles. The Morgan fingerprint density at radius 3 is 2.84 bits per heavy atom. The first-order valence-electron chi connectivity index (χ1n) is 8.65. The van der Waals surface area contributed by atoms with E-state index in [1.54, 1.807) is 0 Å². The molecule has 128 valence electrons. The predicted octanol–water partition coefficient (Wildman–Crippen LogP) is 4.28. The van der Waals surface area contributed by atoms with Crippen LogP contribution in [0.1, 0.15) is 16.7 Å². The van der Waals surface area contributed by atoms with Gasteiger partial charge in [0.1, 0.15) is 0 Å². The smallest absolute Gasteiger partial charge is 0.252 e. The fourth-order valence-corrected chi connectivity index (χ4v) is 3.36. The molecule has 0 unspecified atom stereocenters. The predicted molar refractivity (Wildman–Crippen MR) is 97.4 cm³/mol. The molecule has 0 fully saturated rings. The number of fused-ring (bicyclic) bond motifs is 2. The van der Waals surface area contributed by atoms with E-state index in [1.807, 2.05) is 43.3 Å². The van der Waals surface area contributed by atoms with Crippen molar-refractivity contribution >= 4 is 10.9 Å². The average Bonchev–Trinajstić information content (AvgIpc) is 2.77. The zero-order valence-corrected chi connectivity index (χ0v) is 14.3. The summed E-state index contributed by atoms with van der Waals surface area (Å²) in [6, 6.07) is 18.4. The highest BCUT2D eigenvalue weighted by Gasteiger charge is 2.24. The van der Waals surface area contributed by atoms with Gasteiger partial charge in [-0.3, -0.25) is 4.90 Å². The normalized spacial score (nSPS) is 17.8. The number of ether oxygens (including phenoxy) is 1. The van der Waals surface area contributed by atoms with Crippen LogP contribution in [0.3, 0.4) is 0 Å². The van der Waals surface area contributed by atoms with Gasteiger partial charge in [0.2, 0.25) is 5.88 Å². The molecule has 1 atom stereocenters. The van der Waals surface area contributed by atoms with Crippen LogP contribution in [0, 0.1) is 6.92 Å². The summed E-state index contributed by atoms with van der Waals surface area (Å²) in [5.41, 5.74) is 4.16. The number of benzene rings is 2. The maximum absolute atomic E-state index is 14.3. The van der Waals surface area contributed by atoms with Crippen LogP contribution in [-0.4, -0.2) is 29.3 Å². The lowest BCUT2D eigenvalue weighted by molar-refractivity contribution is 0.0365. The third-order valence-corrected chi connectivity index (χ3v) is 4.68. The van der Waals surface area contributed by atoms with Gasteiger partial charge in [0.05, 0.1) is 12.1 Å². The van der Waals surface area contributed by atoms with Crippen molar-refractivity contribution in [1.82, 2.24) is 9.88 Å². The lowest BCUT2D eigenvalue weighted by Gasteiger charge is -2.20. The summed E-state index contributed by atoms with van der Waals surface area (Å²) < 4.78 is 19.8. The number of aromatic nitrogens is 1. The van der Waals surface area contributed by atoms with Crippen LogP contribution in [0.5, 0.6) is 5.88 Å². The van der Waals surface area contributed by atoms with Crippen molar-refractivity contribution in [2.24, 2.45) is 0 Å². The number of para-hydroxylation sites is 1. The maximum atomic E-state index is 14.3. The number of alkyl halides is 1. The van der Waals surface area contributed by atoms with Gasteiger partial charge in [-0.05, 0) is 30.5 Å². The van der Waals surface area contributed by atoms with Crippen LogP contribution in [0.15, 0.2) is 54.6 Å². The molecule has 0 radical (unpaired) electrons. The Balaban J connectivity index is 1.60. The number of halogens is 1. The van der Waals surface area contributed by atoms with Crippen LogP contribution in [0.4, 0.5) is 4.39 Å². The second-order valence-corrected chi connectivity index (χ2v) is 6.60. The van der Waals surface area contributed by atoms with Crippen molar-refractivity contribution in [2.75, 3.05) is 13.1 Å². The molecule has 1 aliphatic heterocycles. The van der Waals surface area contributed by atoms with Gasteiger partial charge in [0.25, 0.3) is 6.36 Å². The third kappa shape index (κ3) is 3.49. The van der Waals surface area contributed by atoms with Crippen LogP contribution in [0.25, 0.3) is 10.9 Å². The molecule has 0 spiro atoms. The van der Waals surface area contributed by atoms with Gasteiger partial charge in [0, 0.05) is 24.0 Å². The van der Waals surface area contributed by atoms with Crippen molar-refractivity contribution in [3.05, 3.63) is 71.3 Å². The van der Waals surface area contributed by atoms with Crippen LogP contribution in [0.2, 0.25) is 0 Å². The molecule has 4 heteroatoms. The number of rotatable bonds is 3. The number of nitrogens with zero attached hydrogens (tertiary/aromatic N) is 2. The Kier molecular flexibility index (Phi) is 4.36. The highest BCUT2D eigenvalue weighted by molar-refractivity contribution is 5.83. The van der Waals surface area contributed by atoms with E-state index in [-0.39, 0.29) is 6.54 Å². The largest absolute Gasteiger partial charge is 0.442 e. The zero-order valence-electron chi connectivity index (χ0n) is 14.3. The van der Waals surface area contributed by atoms with E-state index in [4.69, 9.17) is 4.74 Å². The second-order valence-electron chi connectivity index (χ2n) is 6.60. The van der Waals surface area contributed by atoms with Crippen molar-refractivity contribution in [3.8, 4) is 5.88 Å². The van der Waals surface area contributed by atoms with Crippen molar-refractivity contribution in [2.45, 2.75) is 26.2 Å². The Bertz CT molecular complexity index is 882. The molecule has 0 aliphatic carbocycles. The summed E-state index contributed by atoms with van der Waals surface area (Å²) in [7, 11) is 0. The summed E-state index contributed by atoms with van der Waals surface area (Å²) in [6.07, 6.45) is -0.464. The Morgan fingerprint density at radius 1 is 1.16 bits per heavy atom. The van der Waals surface area contributed by atoms with Crippen molar-refractivity contribution in [3.63, 3.8) is 0 Å². The lowest BCUT2D eigenvalue weighted by Crippen LogP contribution is -2.31. The minimum absolute atomic E-state index is 0.262. The lowest BCUT2D eigenvalue weighted by atomic mass is 10.1. The fraction of sp³-hybridized carbons (Fsp3) is 0.286. The van der Waals surface area contributed by atoms with Crippen LogP contribution < -0.4 is 4.74 Å². The summed E-state index contributed by atoms with van der Waals surface area (Å²) >= 11 is 0. The van der Waals surface area contributed by atoms with E-state index in [2.05, 4.69) is 28.1 Å². The topological polar surface area (TPSA) is 25.4 Å². The molecule has 1 aliphatic rings. The zero-order chi connectivity index (χ0) is 17.2. The molecule has 0 N–H and O–H groups in total. The van der Waals surface area contributed by atoms with Gasteiger partial charge >= 0.3 is 0 Å². The minimum Gasteiger partial charge on any atom is -0.442 e. The molecule has 1 aromatic heterocycles. The molecule has 0 saturated carbocycles. The Labute approximate surface area is 147 Å². The van der Waals surface area contributed by atoms with Gasteiger partial charge in [0.15, 0.2) is 0 Å². The van der Waals surface area contributed by atoms with Gasteiger partial charge in [-0.1, -0.05) is 48.5 Å². The molecule has 2 heterocycles. The molecular weight excluding hydrogens is 315 g/mol. The first kappa shape index (κ1) is 16.0. The number of aryl methyl sites for hydroxylation is 1. The molecule has 3 aromatic rings. The molecule has 0 saturated heterocycles. The van der Waals surface area contributed by atoms with E-state index < -0.39 is 6.36 Å². The fourth-order valence-electron chi connectivity index (χ4n) is 3.36. The van der Waals surface area contributed by atoms with Gasteiger partial charge in [-0.25, -0.2) is 9.37 Å². The van der Waals surface area contributed by atoms with E-state index in [9.17, 15) is 4.39 Å². The van der Waals surface area contributed by atoms with Gasteiger partial charge in [-0.15, -0.1) is 0 Å². The highest BCUT2D eigenvalue weighted by atomic mass is 19.1. The third-order valence-electron chi connectivity index (χ3n) is 4.68. The molecular formula is C21H21FN2O. The van der Waals surface area contributed by atoms with E-state index in [1.165, 1.54) is 5.56 Å². The van der Waals surface area contributed by atoms with E-state index >= 15 is 0 Å². The number of hydrogen-bond donors (Lipinski definition) is 0. The Hall–Kier alpha value is -2.46. The Morgan fingerprint density at radius 2 is 2.00 bits per heavy atom. The standard InChI is InChI=1S/C21H21FN2O/c1-15-6-5-9-17-12-18-13-24(11-10-16-7-3-2-4-8-16)14-19(22)25-21(18)23-20(15)17/h2-9,12,19H,10-11,13-14H2,1H3/t19-/m0/s1. The SMILES string of the molecule is Cc1cccc2cc3c(nc12)O[C@H](F)CN(CCc1ccccc1)C3. The summed E-state index contributed by atoms with van der Waals surface area (Å²) in [5.74, 6) is 0.427. The quantitative estimate of drug-likeness (QED) is 0.714. The van der Waals surface area contributed by atoms with Gasteiger partial charge < -0.3 is 4.74 Å². The number of pyridine rings is 1. The molecule has 0 amide bonds. The van der Waals surface area contributed by atoms with Crippen LogP contribution in [-0.2, 0) is 13.0 Å². The van der Waals surface area contributed by atoms with Crippen LogP contribution >= 0.6 is 0 Å². The second kappa shape index (κ2) is 6.81. The molecule has 3 nitrogen and oxygen atoms in total. The monoisotopic (exact) mass is 336 g/mol. The average molecular weight is 336 g/mol. The van der Waals surface area contributed by atoms with Crippen molar-refractivity contribution in [1.29, 1.82) is 0 Å². The minimum atomic E-state index is -1.36. The van der Waals surface area contributed by atoms with Crippen molar-refractivity contribution < 1.29 is 9.13 Å². The maximum Gasteiger partial charge on any atom is 0.252 e. The first-order chi connectivity index (χ1) is 12.2. The van der Waals surface area contributed by atoms with Gasteiger partial charge in [-0.2, -0.15) is 0 Å². The molecule has 4 rings (SSSR count). The summed E-state index contributed by atoms with van der Waals surface area (Å²) in [6.45, 7) is 3.72. The number of hydrogen-bond acceptors (Lipinski definition) is 3.